The van der Waals surface area contributed by atoms with Crippen LogP contribution < -0.4 is 4.72 Å². The summed E-state index contributed by atoms with van der Waals surface area (Å²) in [4.78, 5) is 0.917. The molecule has 0 saturated heterocycles. The Bertz CT molecular complexity index is 721. The van der Waals surface area contributed by atoms with Crippen LogP contribution in [0.4, 0.5) is 0 Å². The number of thiophene rings is 1. The van der Waals surface area contributed by atoms with E-state index in [9.17, 15) is 13.5 Å². The lowest BCUT2D eigenvalue weighted by Gasteiger charge is -2.24. The van der Waals surface area contributed by atoms with Crippen LogP contribution in [-0.4, -0.2) is 20.1 Å². The molecule has 2 rings (SSSR count). The van der Waals surface area contributed by atoms with E-state index in [1.807, 2.05) is 6.92 Å². The number of aliphatic hydroxyl groups is 1. The second kappa shape index (κ2) is 6.06. The molecule has 0 aliphatic rings. The lowest BCUT2D eigenvalue weighted by Crippen LogP contribution is -2.38. The fourth-order valence-corrected chi connectivity index (χ4v) is 4.36. The number of aryl methyl sites for hydroxylation is 1. The largest absolute Gasteiger partial charge is 0.384 e. The van der Waals surface area contributed by atoms with Gasteiger partial charge in [-0.25, -0.2) is 13.1 Å². The second-order valence-corrected chi connectivity index (χ2v) is 8.69. The molecule has 0 saturated carbocycles. The van der Waals surface area contributed by atoms with Gasteiger partial charge in [-0.2, -0.15) is 0 Å². The van der Waals surface area contributed by atoms with Crippen molar-refractivity contribution in [1.29, 1.82) is 0 Å². The number of halogens is 1. The minimum Gasteiger partial charge on any atom is -0.384 e. The van der Waals surface area contributed by atoms with Crippen molar-refractivity contribution in [3.05, 3.63) is 51.9 Å². The van der Waals surface area contributed by atoms with E-state index in [1.54, 1.807) is 43.3 Å². The minimum atomic E-state index is -3.61. The van der Waals surface area contributed by atoms with Gasteiger partial charge in [0.25, 0.3) is 0 Å². The Hall–Kier alpha value is -0.920. The summed E-state index contributed by atoms with van der Waals surface area (Å²) in [5, 5.41) is 11.0. The highest BCUT2D eigenvalue weighted by molar-refractivity contribution is 7.91. The predicted molar refractivity (Wildman–Crippen MR) is 85.3 cm³/mol. The molecular formula is C14H16ClNO3S2. The van der Waals surface area contributed by atoms with E-state index in [1.165, 1.54) is 11.3 Å². The summed E-state index contributed by atoms with van der Waals surface area (Å²) in [6, 6.07) is 9.96. The summed E-state index contributed by atoms with van der Waals surface area (Å²) in [5.74, 6) is 0. The second-order valence-electron chi connectivity index (χ2n) is 4.97. The predicted octanol–water partition coefficient (Wildman–Crippen LogP) is 2.90. The monoisotopic (exact) mass is 345 g/mol. The van der Waals surface area contributed by atoms with Crippen molar-refractivity contribution in [3.8, 4) is 0 Å². The van der Waals surface area contributed by atoms with Crippen molar-refractivity contribution >= 4 is 33.0 Å². The lowest BCUT2D eigenvalue weighted by atomic mass is 9.97. The molecule has 114 valence electrons. The molecule has 7 heteroatoms. The standard InChI is InChI=1S/C14H16ClNO3S2/c1-10-3-8-13(20-10)21(18,19)16-9-14(2,17)11-4-6-12(15)7-5-11/h3-8,16-17H,9H2,1-2H3. The van der Waals surface area contributed by atoms with Gasteiger partial charge in [0.05, 0.1) is 0 Å². The van der Waals surface area contributed by atoms with E-state index in [0.29, 0.717) is 10.6 Å². The van der Waals surface area contributed by atoms with Crippen molar-refractivity contribution in [1.82, 2.24) is 4.72 Å². The number of rotatable bonds is 5. The van der Waals surface area contributed by atoms with E-state index in [2.05, 4.69) is 4.72 Å². The van der Waals surface area contributed by atoms with Gasteiger partial charge in [0, 0.05) is 16.4 Å². The average molecular weight is 346 g/mol. The van der Waals surface area contributed by atoms with Gasteiger partial charge in [-0.15, -0.1) is 11.3 Å². The first-order valence-electron chi connectivity index (χ1n) is 6.25. The van der Waals surface area contributed by atoms with Crippen LogP contribution in [0.15, 0.2) is 40.6 Å². The zero-order valence-electron chi connectivity index (χ0n) is 11.6. The fourth-order valence-electron chi connectivity index (χ4n) is 1.77. The molecule has 1 unspecified atom stereocenters. The molecule has 0 fully saturated rings. The molecule has 1 aromatic heterocycles. The summed E-state index contributed by atoms with van der Waals surface area (Å²) in [7, 11) is -3.61. The third-order valence-corrected chi connectivity index (χ3v) is 6.20. The van der Waals surface area contributed by atoms with Gasteiger partial charge in [-0.1, -0.05) is 23.7 Å². The van der Waals surface area contributed by atoms with Crippen molar-refractivity contribution in [2.45, 2.75) is 23.7 Å². The topological polar surface area (TPSA) is 66.4 Å². The maximum absolute atomic E-state index is 12.1. The van der Waals surface area contributed by atoms with Crippen LogP contribution in [0.3, 0.4) is 0 Å². The van der Waals surface area contributed by atoms with E-state index in [0.717, 1.165) is 4.88 Å². The van der Waals surface area contributed by atoms with E-state index < -0.39 is 15.6 Å². The summed E-state index contributed by atoms with van der Waals surface area (Å²) >= 11 is 7.00. The molecule has 2 aromatic rings. The Morgan fingerprint density at radius 3 is 2.38 bits per heavy atom. The van der Waals surface area contributed by atoms with Crippen LogP contribution in [0.1, 0.15) is 17.4 Å². The van der Waals surface area contributed by atoms with Gasteiger partial charge < -0.3 is 5.11 Å². The van der Waals surface area contributed by atoms with Crippen molar-refractivity contribution in [2.75, 3.05) is 6.54 Å². The Labute approximate surface area is 133 Å². The SMILES string of the molecule is Cc1ccc(S(=O)(=O)NCC(C)(O)c2ccc(Cl)cc2)s1. The highest BCUT2D eigenvalue weighted by atomic mass is 35.5. The van der Waals surface area contributed by atoms with Crippen molar-refractivity contribution in [2.24, 2.45) is 0 Å². The minimum absolute atomic E-state index is 0.117. The molecule has 21 heavy (non-hydrogen) atoms. The smallest absolute Gasteiger partial charge is 0.250 e. The first kappa shape index (κ1) is 16.5. The van der Waals surface area contributed by atoms with Crippen LogP contribution in [0.5, 0.6) is 0 Å². The quantitative estimate of drug-likeness (QED) is 0.875. The van der Waals surface area contributed by atoms with E-state index in [-0.39, 0.29) is 10.8 Å². The van der Waals surface area contributed by atoms with Crippen molar-refractivity contribution < 1.29 is 13.5 Å². The molecule has 2 N–H and O–H groups in total. The normalized spacial score (nSPS) is 14.9. The molecular weight excluding hydrogens is 330 g/mol. The highest BCUT2D eigenvalue weighted by Crippen LogP contribution is 2.24. The molecule has 0 radical (unpaired) electrons. The van der Waals surface area contributed by atoms with Crippen LogP contribution in [0.2, 0.25) is 5.02 Å². The average Bonchev–Trinajstić information content (AvgIpc) is 2.85. The molecule has 4 nitrogen and oxygen atoms in total. The molecule has 1 atom stereocenters. The Morgan fingerprint density at radius 2 is 1.86 bits per heavy atom. The third-order valence-electron chi connectivity index (χ3n) is 3.05. The molecule has 1 heterocycles. The zero-order chi connectivity index (χ0) is 15.7. The summed E-state index contributed by atoms with van der Waals surface area (Å²) in [6.45, 7) is 3.28. The van der Waals surface area contributed by atoms with Gasteiger partial charge in [-0.3, -0.25) is 0 Å². The summed E-state index contributed by atoms with van der Waals surface area (Å²) < 4.78 is 27.0. The number of benzene rings is 1. The number of nitrogens with one attached hydrogen (secondary N) is 1. The third kappa shape index (κ3) is 4.05. The van der Waals surface area contributed by atoms with Crippen LogP contribution in [0, 0.1) is 6.92 Å². The van der Waals surface area contributed by atoms with Crippen molar-refractivity contribution in [3.63, 3.8) is 0 Å². The van der Waals surface area contributed by atoms with Gasteiger partial charge in [-0.05, 0) is 43.7 Å². The van der Waals surface area contributed by atoms with Gasteiger partial charge in [0.2, 0.25) is 10.0 Å². The number of sulfonamides is 1. The fraction of sp³-hybridized carbons (Fsp3) is 0.286. The molecule has 1 aromatic carbocycles. The summed E-state index contributed by atoms with van der Waals surface area (Å²) in [6.07, 6.45) is 0. The maximum atomic E-state index is 12.1. The summed E-state index contributed by atoms with van der Waals surface area (Å²) in [5.41, 5.74) is -0.721. The van der Waals surface area contributed by atoms with E-state index >= 15 is 0 Å². The first-order valence-corrected chi connectivity index (χ1v) is 8.93. The Morgan fingerprint density at radius 1 is 1.24 bits per heavy atom. The molecule has 0 aliphatic heterocycles. The molecule has 0 spiro atoms. The molecule has 0 bridgehead atoms. The number of hydrogen-bond donors (Lipinski definition) is 2. The first-order chi connectivity index (χ1) is 9.71. The molecule has 0 amide bonds. The highest BCUT2D eigenvalue weighted by Gasteiger charge is 2.26. The lowest BCUT2D eigenvalue weighted by molar-refractivity contribution is 0.0628. The number of hydrogen-bond acceptors (Lipinski definition) is 4. The van der Waals surface area contributed by atoms with Gasteiger partial charge in [0.15, 0.2) is 0 Å². The Kier molecular flexibility index (Phi) is 4.75. The van der Waals surface area contributed by atoms with Crippen LogP contribution in [0.25, 0.3) is 0 Å². The molecule has 0 aliphatic carbocycles. The van der Waals surface area contributed by atoms with E-state index in [4.69, 9.17) is 11.6 Å². The van der Waals surface area contributed by atoms with Gasteiger partial charge >= 0.3 is 0 Å². The van der Waals surface area contributed by atoms with Crippen LogP contribution >= 0.6 is 22.9 Å². The van der Waals surface area contributed by atoms with Gasteiger partial charge in [0.1, 0.15) is 9.81 Å². The van der Waals surface area contributed by atoms with Crippen LogP contribution in [-0.2, 0) is 15.6 Å². The zero-order valence-corrected chi connectivity index (χ0v) is 14.0. The Balaban J connectivity index is 2.12. The maximum Gasteiger partial charge on any atom is 0.250 e.